The van der Waals surface area contributed by atoms with Gasteiger partial charge in [-0.05, 0) is 27.7 Å². The number of rotatable bonds is 2. The van der Waals surface area contributed by atoms with E-state index in [9.17, 15) is 4.79 Å². The summed E-state index contributed by atoms with van der Waals surface area (Å²) in [6.45, 7) is 7.33. The standard InChI is InChI=1S/C8H17NO2/c1-6(10)5-7(11)9-8(2,3)4/h6,10H,5H2,1-4H3,(H,9,11)/t6-/m1/s1. The minimum atomic E-state index is -0.558. The Labute approximate surface area is 67.8 Å². The first kappa shape index (κ1) is 10.4. The number of nitrogens with one attached hydrogen (secondary N) is 1. The smallest absolute Gasteiger partial charge is 0.222 e. The van der Waals surface area contributed by atoms with Crippen molar-refractivity contribution in [3.63, 3.8) is 0 Å². The van der Waals surface area contributed by atoms with E-state index in [4.69, 9.17) is 5.11 Å². The Bertz CT molecular complexity index is 136. The van der Waals surface area contributed by atoms with Gasteiger partial charge in [0.15, 0.2) is 0 Å². The highest BCUT2D eigenvalue weighted by atomic mass is 16.3. The van der Waals surface area contributed by atoms with Crippen LogP contribution in [-0.4, -0.2) is 22.7 Å². The van der Waals surface area contributed by atoms with Gasteiger partial charge in [0.25, 0.3) is 0 Å². The van der Waals surface area contributed by atoms with Crippen LogP contribution in [0, 0.1) is 0 Å². The molecule has 0 rings (SSSR count). The third kappa shape index (κ3) is 7.33. The van der Waals surface area contributed by atoms with Crippen LogP contribution in [0.4, 0.5) is 0 Å². The lowest BCUT2D eigenvalue weighted by atomic mass is 10.1. The number of carbonyl (C=O) groups is 1. The normalized spacial score (nSPS) is 14.3. The van der Waals surface area contributed by atoms with Crippen LogP contribution in [-0.2, 0) is 4.79 Å². The molecule has 0 aromatic carbocycles. The summed E-state index contributed by atoms with van der Waals surface area (Å²) in [6.07, 6.45) is -0.380. The van der Waals surface area contributed by atoms with E-state index < -0.39 is 6.10 Å². The summed E-state index contributed by atoms with van der Waals surface area (Å²) in [5, 5.41) is 11.6. The van der Waals surface area contributed by atoms with Crippen molar-refractivity contribution in [2.75, 3.05) is 0 Å². The molecule has 0 saturated heterocycles. The molecule has 66 valence electrons. The molecule has 0 radical (unpaired) electrons. The lowest BCUT2D eigenvalue weighted by Crippen LogP contribution is -2.41. The zero-order valence-electron chi connectivity index (χ0n) is 7.64. The van der Waals surface area contributed by atoms with Crippen LogP contribution in [0.2, 0.25) is 0 Å². The molecule has 0 bridgehead atoms. The Morgan fingerprint density at radius 1 is 1.55 bits per heavy atom. The molecule has 0 aliphatic heterocycles. The fourth-order valence-electron chi connectivity index (χ4n) is 0.738. The van der Waals surface area contributed by atoms with Crippen molar-refractivity contribution in [3.05, 3.63) is 0 Å². The number of aliphatic hydroxyl groups excluding tert-OH is 1. The summed E-state index contributed by atoms with van der Waals surface area (Å²) in [7, 11) is 0. The molecule has 0 aromatic rings. The lowest BCUT2D eigenvalue weighted by molar-refractivity contribution is -0.124. The average molecular weight is 159 g/mol. The van der Waals surface area contributed by atoms with Crippen LogP contribution < -0.4 is 5.32 Å². The van der Waals surface area contributed by atoms with Gasteiger partial charge in [-0.3, -0.25) is 4.79 Å². The Hall–Kier alpha value is -0.570. The maximum Gasteiger partial charge on any atom is 0.222 e. The maximum absolute atomic E-state index is 11.0. The van der Waals surface area contributed by atoms with E-state index in [-0.39, 0.29) is 17.9 Å². The Kier molecular flexibility index (Phi) is 3.52. The van der Waals surface area contributed by atoms with Gasteiger partial charge in [0, 0.05) is 5.54 Å². The van der Waals surface area contributed by atoms with Crippen LogP contribution in [0.5, 0.6) is 0 Å². The van der Waals surface area contributed by atoms with Gasteiger partial charge in [-0.15, -0.1) is 0 Å². The second kappa shape index (κ2) is 3.72. The van der Waals surface area contributed by atoms with Crippen LogP contribution in [0.1, 0.15) is 34.1 Å². The number of amides is 1. The maximum atomic E-state index is 11.0. The van der Waals surface area contributed by atoms with Gasteiger partial charge in [-0.2, -0.15) is 0 Å². The predicted octanol–water partition coefficient (Wildman–Crippen LogP) is 0.672. The van der Waals surface area contributed by atoms with Gasteiger partial charge in [0.2, 0.25) is 5.91 Å². The molecule has 1 atom stereocenters. The summed E-state index contributed by atoms with van der Waals surface area (Å²) in [4.78, 5) is 11.0. The van der Waals surface area contributed by atoms with E-state index in [1.54, 1.807) is 6.92 Å². The molecule has 0 aliphatic carbocycles. The van der Waals surface area contributed by atoms with E-state index in [1.807, 2.05) is 20.8 Å². The van der Waals surface area contributed by atoms with E-state index in [0.29, 0.717) is 0 Å². The third-order valence-electron chi connectivity index (χ3n) is 0.995. The van der Waals surface area contributed by atoms with Gasteiger partial charge in [-0.1, -0.05) is 0 Å². The first-order valence-corrected chi connectivity index (χ1v) is 3.80. The van der Waals surface area contributed by atoms with Crippen molar-refractivity contribution >= 4 is 5.91 Å². The highest BCUT2D eigenvalue weighted by Gasteiger charge is 2.14. The molecule has 3 heteroatoms. The summed E-state index contributed by atoms with van der Waals surface area (Å²) < 4.78 is 0. The Morgan fingerprint density at radius 2 is 2.00 bits per heavy atom. The van der Waals surface area contributed by atoms with Crippen LogP contribution in [0.15, 0.2) is 0 Å². The topological polar surface area (TPSA) is 49.3 Å². The Morgan fingerprint density at radius 3 is 2.27 bits per heavy atom. The summed E-state index contributed by atoms with van der Waals surface area (Å²) in [5.41, 5.74) is -0.202. The van der Waals surface area contributed by atoms with Crippen molar-refractivity contribution < 1.29 is 9.90 Å². The van der Waals surface area contributed by atoms with Crippen molar-refractivity contribution in [2.45, 2.75) is 45.8 Å². The van der Waals surface area contributed by atoms with E-state index in [0.717, 1.165) is 0 Å². The van der Waals surface area contributed by atoms with Crippen molar-refractivity contribution in [1.29, 1.82) is 0 Å². The van der Waals surface area contributed by atoms with Crippen molar-refractivity contribution in [1.82, 2.24) is 5.32 Å². The lowest BCUT2D eigenvalue weighted by Gasteiger charge is -2.20. The molecule has 2 N–H and O–H groups in total. The molecule has 0 heterocycles. The number of hydrogen-bond acceptors (Lipinski definition) is 2. The number of carbonyl (C=O) groups excluding carboxylic acids is 1. The van der Waals surface area contributed by atoms with Gasteiger partial charge in [0.05, 0.1) is 12.5 Å². The van der Waals surface area contributed by atoms with Crippen molar-refractivity contribution in [2.24, 2.45) is 0 Å². The van der Waals surface area contributed by atoms with Gasteiger partial charge >= 0.3 is 0 Å². The van der Waals surface area contributed by atoms with E-state index >= 15 is 0 Å². The zero-order valence-corrected chi connectivity index (χ0v) is 7.64. The molecule has 0 spiro atoms. The Balaban J connectivity index is 3.71. The highest BCUT2D eigenvalue weighted by Crippen LogP contribution is 2.00. The van der Waals surface area contributed by atoms with Gasteiger partial charge in [0.1, 0.15) is 0 Å². The summed E-state index contributed by atoms with van der Waals surface area (Å²) >= 11 is 0. The minimum absolute atomic E-state index is 0.104. The molecule has 0 aliphatic rings. The zero-order chi connectivity index (χ0) is 9.07. The highest BCUT2D eigenvalue weighted by molar-refractivity contribution is 5.77. The molecule has 1 amide bonds. The summed E-state index contributed by atoms with van der Waals surface area (Å²) in [6, 6.07) is 0. The monoisotopic (exact) mass is 159 g/mol. The molecule has 3 nitrogen and oxygen atoms in total. The summed E-state index contributed by atoms with van der Waals surface area (Å²) in [5.74, 6) is -0.104. The second-order valence-electron chi connectivity index (χ2n) is 3.85. The molecule has 0 unspecified atom stereocenters. The molecule has 0 aromatic heterocycles. The van der Waals surface area contributed by atoms with E-state index in [2.05, 4.69) is 5.32 Å². The minimum Gasteiger partial charge on any atom is -0.393 e. The SMILES string of the molecule is C[C@@H](O)CC(=O)NC(C)(C)C. The van der Waals surface area contributed by atoms with E-state index in [1.165, 1.54) is 0 Å². The quantitative estimate of drug-likeness (QED) is 0.622. The van der Waals surface area contributed by atoms with Gasteiger partial charge < -0.3 is 10.4 Å². The second-order valence-corrected chi connectivity index (χ2v) is 3.85. The predicted molar refractivity (Wildman–Crippen MR) is 44.2 cm³/mol. The van der Waals surface area contributed by atoms with Crippen molar-refractivity contribution in [3.8, 4) is 0 Å². The van der Waals surface area contributed by atoms with Gasteiger partial charge in [-0.25, -0.2) is 0 Å². The number of hydrogen-bond donors (Lipinski definition) is 2. The molecular weight excluding hydrogens is 142 g/mol. The third-order valence-corrected chi connectivity index (χ3v) is 0.995. The largest absolute Gasteiger partial charge is 0.393 e. The number of aliphatic hydroxyl groups is 1. The molecule has 0 fully saturated rings. The first-order valence-electron chi connectivity index (χ1n) is 3.80. The van der Waals surface area contributed by atoms with Crippen LogP contribution >= 0.6 is 0 Å². The fraction of sp³-hybridized carbons (Fsp3) is 0.875. The van der Waals surface area contributed by atoms with Crippen LogP contribution in [0.3, 0.4) is 0 Å². The fourth-order valence-corrected chi connectivity index (χ4v) is 0.738. The average Bonchev–Trinajstić information content (AvgIpc) is 1.53. The first-order chi connectivity index (χ1) is 4.81. The molecular formula is C8H17NO2. The molecule has 0 saturated carbocycles. The van der Waals surface area contributed by atoms with Crippen LogP contribution in [0.25, 0.3) is 0 Å². The molecule has 11 heavy (non-hydrogen) atoms.